The summed E-state index contributed by atoms with van der Waals surface area (Å²) in [5.41, 5.74) is 0.923. The van der Waals surface area contributed by atoms with Gasteiger partial charge in [-0.1, -0.05) is 23.4 Å². The topological polar surface area (TPSA) is 97.4 Å². The number of amides is 2. The number of carbonyl (C=O) groups excluding carboxylic acids is 2. The maximum Gasteiger partial charge on any atom is 0.416 e. The minimum atomic E-state index is -0.604. The predicted octanol–water partition coefficient (Wildman–Crippen LogP) is 2.42. The number of aromatic amines is 1. The number of halogens is 1. The normalized spacial score (nSPS) is 13.8. The highest BCUT2D eigenvalue weighted by molar-refractivity contribution is 7.99. The molecule has 0 aliphatic carbocycles. The van der Waals surface area contributed by atoms with Crippen LogP contribution in [-0.4, -0.2) is 51.0 Å². The van der Waals surface area contributed by atoms with Crippen LogP contribution in [-0.2, 0) is 16.1 Å². The molecule has 0 spiro atoms. The number of carbonyl (C=O) groups is 2. The summed E-state index contributed by atoms with van der Waals surface area (Å²) in [6.07, 6.45) is -0.604. The number of nitrogens with zero attached hydrogens (tertiary/aromatic N) is 3. The van der Waals surface area contributed by atoms with Gasteiger partial charge in [0.15, 0.2) is 5.82 Å². The lowest BCUT2D eigenvalue weighted by Crippen LogP contribution is -2.33. The molecular weight excluding hydrogens is 368 g/mol. The predicted molar refractivity (Wildman–Crippen MR) is 90.7 cm³/mol. The molecular formula is C15H15ClN4O4S. The molecule has 1 aromatic carbocycles. The lowest BCUT2D eigenvalue weighted by Gasteiger charge is -2.08. The van der Waals surface area contributed by atoms with E-state index in [1.165, 1.54) is 0 Å². The lowest BCUT2D eigenvalue weighted by molar-refractivity contribution is -0.125. The molecule has 10 heteroatoms. The first-order valence-electron chi connectivity index (χ1n) is 7.43. The van der Waals surface area contributed by atoms with Crippen LogP contribution in [0.1, 0.15) is 11.4 Å². The minimum absolute atomic E-state index is 0.0592. The molecule has 0 saturated carbocycles. The van der Waals surface area contributed by atoms with E-state index in [4.69, 9.17) is 21.1 Å². The number of imide groups is 1. The largest absolute Gasteiger partial charge is 0.486 e. The Morgan fingerprint density at radius 3 is 3.08 bits per heavy atom. The Kier molecular flexibility index (Phi) is 5.44. The maximum absolute atomic E-state index is 11.9. The molecule has 3 rings (SSSR count). The molecule has 0 bridgehead atoms. The molecule has 1 saturated heterocycles. The first-order chi connectivity index (χ1) is 12.0. The van der Waals surface area contributed by atoms with Gasteiger partial charge in [-0.15, -0.1) is 5.10 Å². The molecule has 1 aromatic heterocycles. The Balaban J connectivity index is 1.49. The molecule has 1 N–H and O–H groups in total. The fourth-order valence-electron chi connectivity index (χ4n) is 2.09. The van der Waals surface area contributed by atoms with Crippen molar-refractivity contribution >= 4 is 35.4 Å². The van der Waals surface area contributed by atoms with Crippen molar-refractivity contribution in [3.63, 3.8) is 0 Å². The first kappa shape index (κ1) is 17.6. The summed E-state index contributed by atoms with van der Waals surface area (Å²) in [7, 11) is 0. The van der Waals surface area contributed by atoms with E-state index in [9.17, 15) is 9.59 Å². The Morgan fingerprint density at radius 1 is 1.52 bits per heavy atom. The van der Waals surface area contributed by atoms with E-state index in [2.05, 4.69) is 15.2 Å². The number of aromatic nitrogens is 3. The van der Waals surface area contributed by atoms with Gasteiger partial charge >= 0.3 is 6.09 Å². The highest BCUT2D eigenvalue weighted by Crippen LogP contribution is 2.22. The molecule has 132 valence electrons. The number of hydrogen-bond acceptors (Lipinski definition) is 7. The second-order valence-electron chi connectivity index (χ2n) is 5.21. The highest BCUT2D eigenvalue weighted by atomic mass is 35.5. The van der Waals surface area contributed by atoms with Crippen LogP contribution in [0.15, 0.2) is 23.4 Å². The van der Waals surface area contributed by atoms with Crippen molar-refractivity contribution in [3.8, 4) is 5.75 Å². The Labute approximate surface area is 152 Å². The number of rotatable bonds is 6. The van der Waals surface area contributed by atoms with E-state index in [0.29, 0.717) is 21.8 Å². The van der Waals surface area contributed by atoms with Crippen LogP contribution in [0.3, 0.4) is 0 Å². The van der Waals surface area contributed by atoms with E-state index >= 15 is 0 Å². The van der Waals surface area contributed by atoms with Gasteiger partial charge < -0.3 is 9.47 Å². The van der Waals surface area contributed by atoms with Crippen LogP contribution in [0.25, 0.3) is 0 Å². The Morgan fingerprint density at radius 2 is 2.36 bits per heavy atom. The molecule has 8 nitrogen and oxygen atoms in total. The van der Waals surface area contributed by atoms with E-state index < -0.39 is 6.09 Å². The third kappa shape index (κ3) is 4.43. The van der Waals surface area contributed by atoms with Crippen molar-refractivity contribution in [1.82, 2.24) is 20.1 Å². The third-order valence-electron chi connectivity index (χ3n) is 3.40. The molecule has 2 aromatic rings. The Bertz CT molecular complexity index is 798. The van der Waals surface area contributed by atoms with Gasteiger partial charge in [-0.05, 0) is 30.7 Å². The number of hydrogen-bond donors (Lipinski definition) is 1. The zero-order valence-corrected chi connectivity index (χ0v) is 14.9. The van der Waals surface area contributed by atoms with Gasteiger partial charge in [0.1, 0.15) is 19.0 Å². The molecule has 2 amide bonds. The van der Waals surface area contributed by atoms with E-state index in [-0.39, 0.29) is 31.4 Å². The van der Waals surface area contributed by atoms with Crippen LogP contribution >= 0.6 is 23.4 Å². The van der Waals surface area contributed by atoms with Gasteiger partial charge in [0.05, 0.1) is 12.3 Å². The molecule has 0 radical (unpaired) electrons. The van der Waals surface area contributed by atoms with Gasteiger partial charge in [0.2, 0.25) is 11.1 Å². The van der Waals surface area contributed by atoms with Crippen molar-refractivity contribution in [3.05, 3.63) is 34.6 Å². The van der Waals surface area contributed by atoms with Crippen molar-refractivity contribution in [2.24, 2.45) is 0 Å². The summed E-state index contributed by atoms with van der Waals surface area (Å²) >= 11 is 7.11. The van der Waals surface area contributed by atoms with E-state index in [1.54, 1.807) is 12.1 Å². The smallest absolute Gasteiger partial charge is 0.416 e. The van der Waals surface area contributed by atoms with Gasteiger partial charge in [-0.25, -0.2) is 14.7 Å². The number of aryl methyl sites for hydroxylation is 1. The zero-order chi connectivity index (χ0) is 17.8. The second-order valence-corrected chi connectivity index (χ2v) is 6.56. The zero-order valence-electron chi connectivity index (χ0n) is 13.3. The monoisotopic (exact) mass is 382 g/mol. The maximum atomic E-state index is 11.9. The highest BCUT2D eigenvalue weighted by Gasteiger charge is 2.28. The average molecular weight is 383 g/mol. The van der Waals surface area contributed by atoms with Gasteiger partial charge in [-0.3, -0.25) is 9.89 Å². The molecule has 1 aliphatic rings. The van der Waals surface area contributed by atoms with Crippen molar-refractivity contribution in [2.45, 2.75) is 18.7 Å². The standard InChI is InChI=1S/C15H15ClN4O4S/c1-9-6-10(2-3-11(9)16)24-7-12-17-14(19-18-12)25-8-13(21)20-4-5-23-15(20)22/h2-3,6H,4-5,7-8H2,1H3,(H,17,18,19). The fraction of sp³-hybridized carbons (Fsp3) is 0.333. The average Bonchev–Trinajstić information content (AvgIpc) is 3.22. The summed E-state index contributed by atoms with van der Waals surface area (Å²) in [5.74, 6) is 0.939. The summed E-state index contributed by atoms with van der Waals surface area (Å²) in [6.45, 7) is 2.62. The van der Waals surface area contributed by atoms with Crippen LogP contribution in [0.4, 0.5) is 4.79 Å². The number of benzene rings is 1. The molecule has 1 aliphatic heterocycles. The van der Waals surface area contributed by atoms with Crippen molar-refractivity contribution in [2.75, 3.05) is 18.9 Å². The number of H-pyrrole nitrogens is 1. The summed E-state index contributed by atoms with van der Waals surface area (Å²) in [4.78, 5) is 28.5. The van der Waals surface area contributed by atoms with Crippen LogP contribution in [0.2, 0.25) is 5.02 Å². The van der Waals surface area contributed by atoms with Crippen LogP contribution < -0.4 is 4.74 Å². The SMILES string of the molecule is Cc1cc(OCc2nc(SCC(=O)N3CCOC3=O)n[nH]2)ccc1Cl. The molecule has 0 atom stereocenters. The van der Waals surface area contributed by atoms with Gasteiger partial charge in [0, 0.05) is 5.02 Å². The lowest BCUT2D eigenvalue weighted by atomic mass is 10.2. The van der Waals surface area contributed by atoms with Crippen LogP contribution in [0.5, 0.6) is 5.75 Å². The number of thioether (sulfide) groups is 1. The molecule has 1 fully saturated rings. The molecule has 25 heavy (non-hydrogen) atoms. The van der Waals surface area contributed by atoms with Crippen molar-refractivity contribution in [1.29, 1.82) is 0 Å². The number of ether oxygens (including phenoxy) is 2. The first-order valence-corrected chi connectivity index (χ1v) is 8.79. The summed E-state index contributed by atoms with van der Waals surface area (Å²) < 4.78 is 10.4. The number of cyclic esters (lactones) is 1. The van der Waals surface area contributed by atoms with Crippen molar-refractivity contribution < 1.29 is 19.1 Å². The summed E-state index contributed by atoms with van der Waals surface area (Å²) in [6, 6.07) is 5.38. The fourth-order valence-corrected chi connectivity index (χ4v) is 2.90. The minimum Gasteiger partial charge on any atom is -0.486 e. The van der Waals surface area contributed by atoms with E-state index in [0.717, 1.165) is 22.2 Å². The molecule has 0 unspecified atom stereocenters. The molecule has 2 heterocycles. The Hall–Kier alpha value is -2.26. The van der Waals surface area contributed by atoms with E-state index in [1.807, 2.05) is 13.0 Å². The van der Waals surface area contributed by atoms with Crippen LogP contribution in [0, 0.1) is 6.92 Å². The third-order valence-corrected chi connectivity index (χ3v) is 4.66. The van der Waals surface area contributed by atoms with Gasteiger partial charge in [0.25, 0.3) is 0 Å². The summed E-state index contributed by atoms with van der Waals surface area (Å²) in [5, 5.41) is 7.86. The quantitative estimate of drug-likeness (QED) is 0.766. The second kappa shape index (κ2) is 7.75. The van der Waals surface area contributed by atoms with Gasteiger partial charge in [-0.2, -0.15) is 0 Å². The number of nitrogens with one attached hydrogen (secondary N) is 1.